The monoisotopic (exact) mass is 660 g/mol. The summed E-state index contributed by atoms with van der Waals surface area (Å²) >= 11 is 0. The van der Waals surface area contributed by atoms with Crippen molar-refractivity contribution >= 4 is 23.9 Å². The highest BCUT2D eigenvalue weighted by Crippen LogP contribution is 2.33. The van der Waals surface area contributed by atoms with Crippen molar-refractivity contribution in [2.75, 3.05) is 33.5 Å². The Labute approximate surface area is 280 Å². The van der Waals surface area contributed by atoms with Crippen LogP contribution < -0.4 is 23.7 Å². The molecule has 0 atom stereocenters. The van der Waals surface area contributed by atoms with E-state index >= 15 is 0 Å². The smallest absolute Gasteiger partial charge is 0.343 e. The zero-order chi connectivity index (χ0) is 34.9. The molecule has 0 spiro atoms. The van der Waals surface area contributed by atoms with Gasteiger partial charge in [-0.25, -0.2) is 19.2 Å². The van der Waals surface area contributed by atoms with Crippen LogP contribution in [-0.4, -0.2) is 57.4 Å². The minimum Gasteiger partial charge on any atom is -0.494 e. The van der Waals surface area contributed by atoms with Gasteiger partial charge in [-0.15, -0.1) is 0 Å². The maximum absolute atomic E-state index is 13.1. The number of hydrogen-bond donors (Lipinski definition) is 0. The second kappa shape index (κ2) is 19.2. The van der Waals surface area contributed by atoms with Crippen LogP contribution in [0.1, 0.15) is 57.5 Å². The van der Waals surface area contributed by atoms with Gasteiger partial charge >= 0.3 is 23.9 Å². The zero-order valence-electron chi connectivity index (χ0n) is 27.4. The summed E-state index contributed by atoms with van der Waals surface area (Å²) < 4.78 is 37.9. The molecule has 0 saturated heterocycles. The second-order valence-corrected chi connectivity index (χ2v) is 10.4. The predicted octanol–water partition coefficient (Wildman–Crippen LogP) is 6.53. The van der Waals surface area contributed by atoms with Gasteiger partial charge in [-0.1, -0.05) is 13.2 Å². The molecule has 3 aromatic carbocycles. The van der Waals surface area contributed by atoms with Crippen molar-refractivity contribution in [2.45, 2.75) is 39.5 Å². The zero-order valence-corrected chi connectivity index (χ0v) is 27.4. The van der Waals surface area contributed by atoms with Gasteiger partial charge in [0.25, 0.3) is 0 Å². The summed E-state index contributed by atoms with van der Waals surface area (Å²) in [6.45, 7) is 11.7. The van der Waals surface area contributed by atoms with E-state index in [4.69, 9.17) is 33.2 Å². The molecule has 0 amide bonds. The Morgan fingerprint density at radius 1 is 0.604 bits per heavy atom. The van der Waals surface area contributed by atoms with Gasteiger partial charge in [0.05, 0.1) is 44.7 Å². The SMILES string of the molecule is C=CC(=O)OCCCCOc1ccc(C(=O)Oc2ccc(OC(=O)c3cc(C)c(OCCCCOC(=O)C=C)cc3C)cc2OC)cc1. The van der Waals surface area contributed by atoms with Gasteiger partial charge in [0.2, 0.25) is 0 Å². The van der Waals surface area contributed by atoms with Crippen molar-refractivity contribution in [1.82, 2.24) is 0 Å². The van der Waals surface area contributed by atoms with E-state index in [-0.39, 0.29) is 30.5 Å². The lowest BCUT2D eigenvalue weighted by Gasteiger charge is -2.14. The third kappa shape index (κ3) is 11.7. The first-order valence-electron chi connectivity index (χ1n) is 15.3. The number of ether oxygens (including phenoxy) is 7. The molecule has 0 bridgehead atoms. The van der Waals surface area contributed by atoms with Gasteiger partial charge in [0, 0.05) is 18.2 Å². The predicted molar refractivity (Wildman–Crippen MR) is 177 cm³/mol. The molecule has 3 aromatic rings. The molecule has 0 aliphatic heterocycles. The number of carbonyl (C=O) groups is 4. The number of unbranched alkanes of at least 4 members (excludes halogenated alkanes) is 2. The van der Waals surface area contributed by atoms with Gasteiger partial charge in [-0.3, -0.25) is 0 Å². The Morgan fingerprint density at radius 2 is 1.19 bits per heavy atom. The molecular formula is C37H40O11. The Hall–Kier alpha value is -5.58. The van der Waals surface area contributed by atoms with Gasteiger partial charge in [0.1, 0.15) is 17.2 Å². The van der Waals surface area contributed by atoms with E-state index in [1.165, 1.54) is 25.3 Å². The van der Waals surface area contributed by atoms with Gasteiger partial charge < -0.3 is 33.2 Å². The fourth-order valence-corrected chi connectivity index (χ4v) is 4.21. The van der Waals surface area contributed by atoms with Crippen molar-refractivity contribution in [3.63, 3.8) is 0 Å². The summed E-state index contributed by atoms with van der Waals surface area (Å²) in [4.78, 5) is 48.0. The highest BCUT2D eigenvalue weighted by Gasteiger charge is 2.18. The molecule has 11 nitrogen and oxygen atoms in total. The first kappa shape index (κ1) is 36.9. The van der Waals surface area contributed by atoms with E-state index in [0.29, 0.717) is 67.1 Å². The van der Waals surface area contributed by atoms with Crippen LogP contribution in [0.5, 0.6) is 28.7 Å². The van der Waals surface area contributed by atoms with E-state index in [9.17, 15) is 19.2 Å². The van der Waals surface area contributed by atoms with Crippen LogP contribution in [0.2, 0.25) is 0 Å². The van der Waals surface area contributed by atoms with Crippen LogP contribution in [0.15, 0.2) is 79.9 Å². The second-order valence-electron chi connectivity index (χ2n) is 10.4. The van der Waals surface area contributed by atoms with Crippen molar-refractivity contribution < 1.29 is 52.3 Å². The number of esters is 4. The molecule has 0 heterocycles. The molecule has 0 N–H and O–H groups in total. The van der Waals surface area contributed by atoms with Crippen molar-refractivity contribution in [2.24, 2.45) is 0 Å². The van der Waals surface area contributed by atoms with E-state index < -0.39 is 23.9 Å². The quantitative estimate of drug-likeness (QED) is 0.0602. The summed E-state index contributed by atoms with van der Waals surface area (Å²) in [6.07, 6.45) is 4.90. The lowest BCUT2D eigenvalue weighted by atomic mass is 10.0. The third-order valence-corrected chi connectivity index (χ3v) is 6.81. The molecule has 0 aliphatic rings. The Bertz CT molecular complexity index is 1590. The van der Waals surface area contributed by atoms with Crippen LogP contribution in [0.4, 0.5) is 0 Å². The number of aryl methyl sites for hydroxylation is 2. The number of methoxy groups -OCH3 is 1. The number of benzene rings is 3. The fraction of sp³-hybridized carbons (Fsp3) is 0.297. The molecular weight excluding hydrogens is 620 g/mol. The minimum atomic E-state index is -0.613. The minimum absolute atomic E-state index is 0.146. The molecule has 3 rings (SSSR count). The van der Waals surface area contributed by atoms with Crippen LogP contribution in [0, 0.1) is 13.8 Å². The Morgan fingerprint density at radius 3 is 1.79 bits per heavy atom. The lowest BCUT2D eigenvalue weighted by Crippen LogP contribution is -2.12. The maximum Gasteiger partial charge on any atom is 0.343 e. The van der Waals surface area contributed by atoms with E-state index in [1.54, 1.807) is 43.3 Å². The molecule has 0 radical (unpaired) electrons. The molecule has 0 unspecified atom stereocenters. The van der Waals surface area contributed by atoms with Crippen LogP contribution in [0.3, 0.4) is 0 Å². The standard InChI is InChI=1S/C37H40O11/c1-6-34(38)45-20-10-8-18-43-28-14-12-27(13-15-28)36(40)48-31-17-16-29(24-33(31)42-5)47-37(41)30-22-26(4)32(23-25(30)3)44-19-9-11-21-46-35(39)7-2/h6-7,12-17,22-24H,1-2,8-11,18-21H2,3-5H3. The van der Waals surface area contributed by atoms with E-state index in [0.717, 1.165) is 17.7 Å². The average molecular weight is 661 g/mol. The van der Waals surface area contributed by atoms with Crippen LogP contribution in [0.25, 0.3) is 0 Å². The normalized spacial score (nSPS) is 10.3. The Kier molecular flexibility index (Phi) is 14.7. The average Bonchev–Trinajstić information content (AvgIpc) is 3.09. The number of rotatable bonds is 19. The number of carbonyl (C=O) groups excluding carboxylic acids is 4. The number of hydrogen-bond acceptors (Lipinski definition) is 11. The molecule has 254 valence electrons. The van der Waals surface area contributed by atoms with Crippen molar-refractivity contribution in [3.8, 4) is 28.7 Å². The Balaban J connectivity index is 1.52. The van der Waals surface area contributed by atoms with Crippen molar-refractivity contribution in [1.29, 1.82) is 0 Å². The van der Waals surface area contributed by atoms with Gasteiger partial charge in [-0.2, -0.15) is 0 Å². The first-order chi connectivity index (χ1) is 23.1. The van der Waals surface area contributed by atoms with Gasteiger partial charge in [0.15, 0.2) is 11.5 Å². The lowest BCUT2D eigenvalue weighted by molar-refractivity contribution is -0.138. The third-order valence-electron chi connectivity index (χ3n) is 6.81. The molecule has 11 heteroatoms. The summed E-state index contributed by atoms with van der Waals surface area (Å²) in [6, 6.07) is 14.4. The topological polar surface area (TPSA) is 133 Å². The summed E-state index contributed by atoms with van der Waals surface area (Å²) in [5.74, 6) is -0.336. The molecule has 0 saturated carbocycles. The van der Waals surface area contributed by atoms with Crippen molar-refractivity contribution in [3.05, 3.63) is 102 Å². The van der Waals surface area contributed by atoms with Gasteiger partial charge in [-0.05, 0) is 99.2 Å². The molecule has 0 aromatic heterocycles. The molecule has 0 aliphatic carbocycles. The molecule has 48 heavy (non-hydrogen) atoms. The fourth-order valence-electron chi connectivity index (χ4n) is 4.21. The maximum atomic E-state index is 13.1. The highest BCUT2D eigenvalue weighted by atomic mass is 16.6. The molecule has 0 fully saturated rings. The summed E-state index contributed by atoms with van der Waals surface area (Å²) in [5, 5.41) is 0. The first-order valence-corrected chi connectivity index (χ1v) is 15.3. The summed E-state index contributed by atoms with van der Waals surface area (Å²) in [5.41, 5.74) is 2.09. The van der Waals surface area contributed by atoms with Crippen LogP contribution >= 0.6 is 0 Å². The highest BCUT2D eigenvalue weighted by molar-refractivity contribution is 5.93. The van der Waals surface area contributed by atoms with Crippen LogP contribution in [-0.2, 0) is 19.1 Å². The largest absolute Gasteiger partial charge is 0.494 e. The summed E-state index contributed by atoms with van der Waals surface area (Å²) in [7, 11) is 1.41. The van der Waals surface area contributed by atoms with E-state index in [1.807, 2.05) is 6.92 Å². The van der Waals surface area contributed by atoms with E-state index in [2.05, 4.69) is 13.2 Å².